The third kappa shape index (κ3) is 3.23. The lowest BCUT2D eigenvalue weighted by Gasteiger charge is -2.20. The third-order valence-corrected chi connectivity index (χ3v) is 3.39. The van der Waals surface area contributed by atoms with Crippen molar-refractivity contribution in [3.8, 4) is 6.07 Å². The summed E-state index contributed by atoms with van der Waals surface area (Å²) >= 11 is 0. The summed E-state index contributed by atoms with van der Waals surface area (Å²) in [5.41, 5.74) is 2.98. The Labute approximate surface area is 113 Å². The first-order valence-corrected chi connectivity index (χ1v) is 6.60. The average Bonchev–Trinajstić information content (AvgIpc) is 2.48. The molecule has 1 aliphatic carbocycles. The zero-order valence-electron chi connectivity index (χ0n) is 11.1. The second-order valence-corrected chi connectivity index (χ2v) is 4.65. The number of nitrogens with zero attached hydrogens (tertiary/aromatic N) is 1. The van der Waals surface area contributed by atoms with Gasteiger partial charge in [0.25, 0.3) is 0 Å². The number of allylic oxidation sites excluding steroid dienone is 2. The van der Waals surface area contributed by atoms with Gasteiger partial charge in [0.1, 0.15) is 0 Å². The van der Waals surface area contributed by atoms with Gasteiger partial charge in [0.05, 0.1) is 24.2 Å². The minimum Gasteiger partial charge on any atom is -0.466 e. The Balaban J connectivity index is 2.08. The van der Waals surface area contributed by atoms with Crippen LogP contribution in [-0.2, 0) is 9.53 Å². The van der Waals surface area contributed by atoms with Crippen molar-refractivity contribution in [2.45, 2.75) is 26.2 Å². The van der Waals surface area contributed by atoms with Gasteiger partial charge >= 0.3 is 5.97 Å². The Morgan fingerprint density at radius 2 is 2.37 bits per heavy atom. The van der Waals surface area contributed by atoms with Gasteiger partial charge in [-0.3, -0.25) is 4.79 Å². The molecule has 1 atom stereocenters. The van der Waals surface area contributed by atoms with E-state index in [1.54, 1.807) is 6.07 Å². The highest BCUT2D eigenvalue weighted by Crippen LogP contribution is 2.31. The van der Waals surface area contributed by atoms with Gasteiger partial charge in [-0.25, -0.2) is 0 Å². The van der Waals surface area contributed by atoms with E-state index < -0.39 is 0 Å². The molecule has 98 valence electrons. The molecule has 0 aliphatic heterocycles. The molecule has 0 radical (unpaired) electrons. The number of hydrogen-bond acceptors (Lipinski definition) is 3. The molecule has 1 aliphatic rings. The minimum atomic E-state index is -0.0939. The molecule has 0 N–H and O–H groups in total. The number of benzene rings is 1. The molecule has 0 saturated heterocycles. The molecular formula is C16H17NO2. The van der Waals surface area contributed by atoms with Crippen LogP contribution < -0.4 is 0 Å². The van der Waals surface area contributed by atoms with Crippen molar-refractivity contribution in [1.29, 1.82) is 5.26 Å². The van der Waals surface area contributed by atoms with Crippen LogP contribution in [0.3, 0.4) is 0 Å². The van der Waals surface area contributed by atoms with E-state index in [1.807, 2.05) is 25.1 Å². The molecule has 1 unspecified atom stereocenters. The summed E-state index contributed by atoms with van der Waals surface area (Å²) in [6, 6.07) is 9.75. The lowest BCUT2D eigenvalue weighted by molar-refractivity contribution is -0.148. The highest BCUT2D eigenvalue weighted by molar-refractivity contribution is 5.75. The molecule has 2 rings (SSSR count). The quantitative estimate of drug-likeness (QED) is 0.778. The normalized spacial score (nSPS) is 18.3. The van der Waals surface area contributed by atoms with Crippen LogP contribution in [0.25, 0.3) is 5.57 Å². The number of hydrogen-bond donors (Lipinski definition) is 0. The molecule has 1 aromatic carbocycles. The maximum Gasteiger partial charge on any atom is 0.309 e. The highest BCUT2D eigenvalue weighted by atomic mass is 16.5. The largest absolute Gasteiger partial charge is 0.466 e. The van der Waals surface area contributed by atoms with Crippen LogP contribution in [0.4, 0.5) is 0 Å². The summed E-state index contributed by atoms with van der Waals surface area (Å²) in [4.78, 5) is 11.6. The average molecular weight is 255 g/mol. The molecule has 3 heteroatoms. The Hall–Kier alpha value is -2.08. The van der Waals surface area contributed by atoms with Crippen LogP contribution in [0.1, 0.15) is 37.3 Å². The van der Waals surface area contributed by atoms with Gasteiger partial charge < -0.3 is 4.74 Å². The smallest absolute Gasteiger partial charge is 0.309 e. The third-order valence-electron chi connectivity index (χ3n) is 3.39. The lowest BCUT2D eigenvalue weighted by atomic mass is 9.86. The summed E-state index contributed by atoms with van der Waals surface area (Å²) in [6.45, 7) is 2.27. The molecule has 0 amide bonds. The van der Waals surface area contributed by atoms with Gasteiger partial charge in [-0.2, -0.15) is 5.26 Å². The molecule has 0 saturated carbocycles. The maximum atomic E-state index is 11.6. The lowest BCUT2D eigenvalue weighted by Crippen LogP contribution is -2.19. The summed E-state index contributed by atoms with van der Waals surface area (Å²) in [6.07, 6.45) is 4.51. The molecule has 3 nitrogen and oxygen atoms in total. The number of carbonyl (C=O) groups excluding carboxylic acids is 1. The first kappa shape index (κ1) is 13.4. The summed E-state index contributed by atoms with van der Waals surface area (Å²) < 4.78 is 5.05. The van der Waals surface area contributed by atoms with E-state index in [4.69, 9.17) is 10.00 Å². The van der Waals surface area contributed by atoms with Crippen molar-refractivity contribution in [3.05, 3.63) is 41.5 Å². The van der Waals surface area contributed by atoms with E-state index in [0.717, 1.165) is 24.8 Å². The highest BCUT2D eigenvalue weighted by Gasteiger charge is 2.22. The van der Waals surface area contributed by atoms with Crippen molar-refractivity contribution in [2.75, 3.05) is 6.61 Å². The van der Waals surface area contributed by atoms with Crippen LogP contribution in [0.2, 0.25) is 0 Å². The maximum absolute atomic E-state index is 11.6. The second-order valence-electron chi connectivity index (χ2n) is 4.65. The second kappa shape index (κ2) is 6.19. The van der Waals surface area contributed by atoms with Crippen molar-refractivity contribution in [1.82, 2.24) is 0 Å². The van der Waals surface area contributed by atoms with Crippen molar-refractivity contribution in [3.63, 3.8) is 0 Å². The molecular weight excluding hydrogens is 238 g/mol. The van der Waals surface area contributed by atoms with E-state index in [1.165, 1.54) is 5.57 Å². The van der Waals surface area contributed by atoms with Gasteiger partial charge in [-0.15, -0.1) is 0 Å². The predicted molar refractivity (Wildman–Crippen MR) is 73.1 cm³/mol. The van der Waals surface area contributed by atoms with Crippen LogP contribution >= 0.6 is 0 Å². The number of nitriles is 1. The zero-order valence-corrected chi connectivity index (χ0v) is 11.1. The van der Waals surface area contributed by atoms with Crippen LogP contribution in [0.5, 0.6) is 0 Å². The van der Waals surface area contributed by atoms with Gasteiger partial charge in [0.2, 0.25) is 0 Å². The van der Waals surface area contributed by atoms with E-state index in [2.05, 4.69) is 12.1 Å². The first-order chi connectivity index (χ1) is 9.24. The van der Waals surface area contributed by atoms with E-state index in [9.17, 15) is 4.79 Å². The van der Waals surface area contributed by atoms with Crippen molar-refractivity contribution < 1.29 is 9.53 Å². The monoisotopic (exact) mass is 255 g/mol. The van der Waals surface area contributed by atoms with Gasteiger partial charge in [0.15, 0.2) is 0 Å². The number of carbonyl (C=O) groups is 1. The first-order valence-electron chi connectivity index (χ1n) is 6.60. The Bertz CT molecular complexity index is 540. The molecule has 1 aromatic rings. The fourth-order valence-corrected chi connectivity index (χ4v) is 2.36. The van der Waals surface area contributed by atoms with Crippen LogP contribution in [0, 0.1) is 17.2 Å². The number of rotatable bonds is 3. The fraction of sp³-hybridized carbons (Fsp3) is 0.375. The van der Waals surface area contributed by atoms with Gasteiger partial charge in [-0.1, -0.05) is 18.2 Å². The topological polar surface area (TPSA) is 50.1 Å². The SMILES string of the molecule is CCOC(=O)C1CC=C(c2cccc(C#N)c2)CC1. The van der Waals surface area contributed by atoms with E-state index in [0.29, 0.717) is 12.2 Å². The zero-order chi connectivity index (χ0) is 13.7. The van der Waals surface area contributed by atoms with Gasteiger partial charge in [-0.05, 0) is 49.5 Å². The summed E-state index contributed by atoms with van der Waals surface area (Å²) in [5.74, 6) is -0.105. The fourth-order valence-electron chi connectivity index (χ4n) is 2.36. The Morgan fingerprint density at radius 1 is 1.53 bits per heavy atom. The summed E-state index contributed by atoms with van der Waals surface area (Å²) in [7, 11) is 0. The molecule has 0 fully saturated rings. The van der Waals surface area contributed by atoms with E-state index in [-0.39, 0.29) is 11.9 Å². The van der Waals surface area contributed by atoms with E-state index >= 15 is 0 Å². The molecule has 0 spiro atoms. The predicted octanol–water partition coefficient (Wildman–Crippen LogP) is 3.30. The van der Waals surface area contributed by atoms with Crippen molar-refractivity contribution >= 4 is 11.5 Å². The summed E-state index contributed by atoms with van der Waals surface area (Å²) in [5, 5.41) is 8.90. The molecule has 19 heavy (non-hydrogen) atoms. The Morgan fingerprint density at radius 3 is 3.00 bits per heavy atom. The molecule has 0 heterocycles. The van der Waals surface area contributed by atoms with Crippen molar-refractivity contribution in [2.24, 2.45) is 5.92 Å². The van der Waals surface area contributed by atoms with Crippen LogP contribution in [-0.4, -0.2) is 12.6 Å². The van der Waals surface area contributed by atoms with Gasteiger partial charge in [0, 0.05) is 0 Å². The van der Waals surface area contributed by atoms with Crippen LogP contribution in [0.15, 0.2) is 30.3 Å². The minimum absolute atomic E-state index is 0.0113. The number of ether oxygens (including phenoxy) is 1. The standard InChI is InChI=1S/C16H17NO2/c1-2-19-16(18)14-8-6-13(7-9-14)15-5-3-4-12(10-15)11-17/h3-6,10,14H,2,7-9H2,1H3. The Kier molecular flexibility index (Phi) is 4.35. The molecule has 0 aromatic heterocycles. The molecule has 0 bridgehead atoms. The number of esters is 1.